The van der Waals surface area contributed by atoms with Crippen molar-refractivity contribution in [2.24, 2.45) is 5.92 Å². The molecule has 27 heavy (non-hydrogen) atoms. The Balaban J connectivity index is 1.58. The maximum absolute atomic E-state index is 12.0. The van der Waals surface area contributed by atoms with E-state index < -0.39 is 0 Å². The van der Waals surface area contributed by atoms with Gasteiger partial charge in [0.1, 0.15) is 5.52 Å². The summed E-state index contributed by atoms with van der Waals surface area (Å²) in [5, 5.41) is 5.83. The summed E-state index contributed by atoms with van der Waals surface area (Å²) in [5.74, 6) is -0.0735. The van der Waals surface area contributed by atoms with E-state index in [2.05, 4.69) is 41.1 Å². The van der Waals surface area contributed by atoms with Crippen molar-refractivity contribution >= 4 is 22.6 Å². The summed E-state index contributed by atoms with van der Waals surface area (Å²) in [5.41, 5.74) is 4.23. The molecular formula is C21H24N4O2. The van der Waals surface area contributed by atoms with E-state index in [4.69, 9.17) is 9.84 Å². The van der Waals surface area contributed by atoms with Gasteiger partial charge in [-0.05, 0) is 38.8 Å². The molecule has 3 heterocycles. The number of aromatic nitrogens is 3. The van der Waals surface area contributed by atoms with E-state index in [-0.39, 0.29) is 11.9 Å². The van der Waals surface area contributed by atoms with Crippen LogP contribution < -0.4 is 4.90 Å². The highest BCUT2D eigenvalue weighted by atomic mass is 16.5. The predicted octanol–water partition coefficient (Wildman–Crippen LogP) is 3.51. The highest BCUT2D eigenvalue weighted by molar-refractivity contribution is 5.90. The minimum absolute atomic E-state index is 0.00141. The number of rotatable bonds is 4. The summed E-state index contributed by atoms with van der Waals surface area (Å²) in [6.07, 6.45) is 7.34. The van der Waals surface area contributed by atoms with E-state index >= 15 is 0 Å². The van der Waals surface area contributed by atoms with Gasteiger partial charge in [0.05, 0.1) is 30.1 Å². The molecule has 4 rings (SSSR count). The van der Waals surface area contributed by atoms with Crippen LogP contribution in [0.4, 0.5) is 5.69 Å². The number of hydrogen-bond acceptors (Lipinski definition) is 5. The van der Waals surface area contributed by atoms with Crippen molar-refractivity contribution in [3.63, 3.8) is 0 Å². The second-order valence-corrected chi connectivity index (χ2v) is 7.02. The number of fused-ring (bicyclic) bond motifs is 1. The van der Waals surface area contributed by atoms with Gasteiger partial charge in [0.15, 0.2) is 0 Å². The topological polar surface area (TPSA) is 60.2 Å². The zero-order chi connectivity index (χ0) is 18.8. The van der Waals surface area contributed by atoms with Crippen LogP contribution >= 0.6 is 0 Å². The second-order valence-electron chi connectivity index (χ2n) is 7.02. The van der Waals surface area contributed by atoms with Crippen molar-refractivity contribution in [2.45, 2.75) is 26.7 Å². The molecule has 140 valence electrons. The van der Waals surface area contributed by atoms with Gasteiger partial charge >= 0.3 is 5.97 Å². The molecule has 1 aliphatic heterocycles. The number of benzene rings is 1. The van der Waals surface area contributed by atoms with Crippen LogP contribution in [0, 0.1) is 12.8 Å². The Morgan fingerprint density at radius 3 is 2.63 bits per heavy atom. The van der Waals surface area contributed by atoms with Crippen molar-refractivity contribution < 1.29 is 9.53 Å². The first-order valence-electron chi connectivity index (χ1n) is 9.47. The monoisotopic (exact) mass is 364 g/mol. The largest absolute Gasteiger partial charge is 0.466 e. The summed E-state index contributed by atoms with van der Waals surface area (Å²) in [6.45, 7) is 5.98. The van der Waals surface area contributed by atoms with Gasteiger partial charge in [-0.25, -0.2) is 4.68 Å². The fraction of sp³-hybridized carbons (Fsp3) is 0.381. The molecule has 1 fully saturated rings. The number of aryl methyl sites for hydroxylation is 1. The van der Waals surface area contributed by atoms with Crippen LogP contribution in [0.5, 0.6) is 0 Å². The van der Waals surface area contributed by atoms with E-state index in [9.17, 15) is 4.79 Å². The van der Waals surface area contributed by atoms with E-state index in [1.807, 2.05) is 30.2 Å². The summed E-state index contributed by atoms with van der Waals surface area (Å²) >= 11 is 0. The quantitative estimate of drug-likeness (QED) is 0.663. The molecule has 0 atom stereocenters. The first-order valence-corrected chi connectivity index (χ1v) is 9.47. The van der Waals surface area contributed by atoms with Gasteiger partial charge in [-0.1, -0.05) is 17.7 Å². The van der Waals surface area contributed by atoms with Gasteiger partial charge in [0.25, 0.3) is 0 Å². The Morgan fingerprint density at radius 1 is 1.19 bits per heavy atom. The van der Waals surface area contributed by atoms with Crippen LogP contribution in [0.1, 0.15) is 25.3 Å². The molecule has 0 N–H and O–H groups in total. The van der Waals surface area contributed by atoms with E-state index in [0.29, 0.717) is 6.61 Å². The Labute approximate surface area is 158 Å². The smallest absolute Gasteiger partial charge is 0.309 e. The number of pyridine rings is 1. The predicted molar refractivity (Wildman–Crippen MR) is 105 cm³/mol. The van der Waals surface area contributed by atoms with Gasteiger partial charge < -0.3 is 9.64 Å². The fourth-order valence-corrected chi connectivity index (χ4v) is 3.61. The van der Waals surface area contributed by atoms with E-state index in [1.165, 1.54) is 5.56 Å². The van der Waals surface area contributed by atoms with Gasteiger partial charge in [0.2, 0.25) is 0 Å². The van der Waals surface area contributed by atoms with Gasteiger partial charge in [-0.2, -0.15) is 5.10 Å². The third kappa shape index (κ3) is 3.52. The lowest BCUT2D eigenvalue weighted by atomic mass is 9.96. The molecule has 0 amide bonds. The summed E-state index contributed by atoms with van der Waals surface area (Å²) in [7, 11) is 0. The lowest BCUT2D eigenvalue weighted by molar-refractivity contribution is -0.148. The molecule has 1 saturated heterocycles. The minimum atomic E-state index is -0.0721. The Morgan fingerprint density at radius 2 is 1.93 bits per heavy atom. The first kappa shape index (κ1) is 17.5. The number of piperidine rings is 1. The molecule has 0 saturated carbocycles. The van der Waals surface area contributed by atoms with Gasteiger partial charge in [-0.15, -0.1) is 0 Å². The lowest BCUT2D eigenvalue weighted by Gasteiger charge is -2.32. The summed E-state index contributed by atoms with van der Waals surface area (Å²) in [4.78, 5) is 18.7. The van der Waals surface area contributed by atoms with Crippen LogP contribution in [-0.2, 0) is 9.53 Å². The van der Waals surface area contributed by atoms with E-state index in [1.54, 1.807) is 0 Å². The highest BCUT2D eigenvalue weighted by Gasteiger charge is 2.27. The third-order valence-corrected chi connectivity index (χ3v) is 5.15. The average Bonchev–Trinajstić information content (AvgIpc) is 3.13. The third-order valence-electron chi connectivity index (χ3n) is 5.15. The van der Waals surface area contributed by atoms with Crippen molar-refractivity contribution in [1.82, 2.24) is 14.8 Å². The molecule has 0 bridgehead atoms. The molecular weight excluding hydrogens is 340 g/mol. The summed E-state index contributed by atoms with van der Waals surface area (Å²) < 4.78 is 7.07. The molecule has 1 aliphatic rings. The van der Waals surface area contributed by atoms with Crippen LogP contribution in [0.3, 0.4) is 0 Å². The number of anilines is 1. The molecule has 6 heteroatoms. The number of carbonyl (C=O) groups is 1. The molecule has 0 radical (unpaired) electrons. The molecule has 2 aromatic heterocycles. The van der Waals surface area contributed by atoms with Crippen molar-refractivity contribution in [1.29, 1.82) is 0 Å². The van der Waals surface area contributed by atoms with Crippen molar-refractivity contribution in [3.05, 3.63) is 48.4 Å². The molecule has 0 aliphatic carbocycles. The van der Waals surface area contributed by atoms with Gasteiger partial charge in [0, 0.05) is 30.9 Å². The number of hydrogen-bond donors (Lipinski definition) is 0. The van der Waals surface area contributed by atoms with Crippen molar-refractivity contribution in [3.8, 4) is 5.69 Å². The van der Waals surface area contributed by atoms with Crippen LogP contribution in [0.2, 0.25) is 0 Å². The van der Waals surface area contributed by atoms with Crippen molar-refractivity contribution in [2.75, 3.05) is 24.6 Å². The van der Waals surface area contributed by atoms with Crippen LogP contribution in [0.15, 0.2) is 42.9 Å². The van der Waals surface area contributed by atoms with Gasteiger partial charge in [-0.3, -0.25) is 9.78 Å². The molecule has 1 aromatic carbocycles. The van der Waals surface area contributed by atoms with Crippen LogP contribution in [-0.4, -0.2) is 40.4 Å². The fourth-order valence-electron chi connectivity index (χ4n) is 3.61. The lowest BCUT2D eigenvalue weighted by Crippen LogP contribution is -2.37. The maximum Gasteiger partial charge on any atom is 0.309 e. The standard InChI is InChI=1S/C21H24N4O2/c1-3-27-21(26)16-8-10-24(11-9-16)19-13-22-12-17-14-25(23-20(17)19)18-6-4-15(2)5-7-18/h4-7,12-14,16H,3,8-11H2,1-2H3. The second kappa shape index (κ2) is 7.39. The molecule has 3 aromatic rings. The number of ether oxygens (including phenoxy) is 1. The normalized spacial score (nSPS) is 15.3. The first-order chi connectivity index (χ1) is 13.2. The Kier molecular flexibility index (Phi) is 4.79. The molecule has 0 unspecified atom stereocenters. The molecule has 0 spiro atoms. The minimum Gasteiger partial charge on any atom is -0.466 e. The number of carbonyl (C=O) groups excluding carboxylic acids is 1. The highest BCUT2D eigenvalue weighted by Crippen LogP contribution is 2.29. The average molecular weight is 364 g/mol. The van der Waals surface area contributed by atoms with Crippen LogP contribution in [0.25, 0.3) is 16.6 Å². The Bertz CT molecular complexity index is 940. The number of esters is 1. The maximum atomic E-state index is 12.0. The SMILES string of the molecule is CCOC(=O)C1CCN(c2cncc3cn(-c4ccc(C)cc4)nc23)CC1. The number of nitrogens with zero attached hydrogens (tertiary/aromatic N) is 4. The Hall–Kier alpha value is -2.89. The summed E-state index contributed by atoms with van der Waals surface area (Å²) in [6, 6.07) is 8.31. The zero-order valence-corrected chi connectivity index (χ0v) is 15.8. The molecule has 6 nitrogen and oxygen atoms in total. The zero-order valence-electron chi connectivity index (χ0n) is 15.8. The van der Waals surface area contributed by atoms with E-state index in [0.717, 1.165) is 48.2 Å².